The van der Waals surface area contributed by atoms with Crippen LogP contribution in [0, 0.1) is 5.82 Å². The summed E-state index contributed by atoms with van der Waals surface area (Å²) in [4.78, 5) is -0.129. The van der Waals surface area contributed by atoms with E-state index < -0.39 is 15.8 Å². The van der Waals surface area contributed by atoms with Crippen LogP contribution >= 0.6 is 23.4 Å². The van der Waals surface area contributed by atoms with Crippen molar-refractivity contribution < 1.29 is 12.8 Å². The Labute approximate surface area is 127 Å². The van der Waals surface area contributed by atoms with Crippen LogP contribution in [0.2, 0.25) is 5.02 Å². The lowest BCUT2D eigenvalue weighted by molar-refractivity contribution is 0.541. The SMILES string of the molecule is NCc1cc(S(=O)(=O)NC2CCCSC2)cc(F)c1Cl. The molecule has 0 radical (unpaired) electrons. The molecule has 0 aromatic heterocycles. The number of nitrogens with one attached hydrogen (secondary N) is 1. The monoisotopic (exact) mass is 338 g/mol. The lowest BCUT2D eigenvalue weighted by Gasteiger charge is -2.22. The van der Waals surface area contributed by atoms with Crippen molar-refractivity contribution in [2.45, 2.75) is 30.3 Å². The Hall–Kier alpha value is -0.340. The number of rotatable bonds is 4. The first kappa shape index (κ1) is 16.0. The van der Waals surface area contributed by atoms with E-state index in [1.165, 1.54) is 6.07 Å². The van der Waals surface area contributed by atoms with E-state index in [1.54, 1.807) is 11.8 Å². The first-order valence-electron chi connectivity index (χ1n) is 6.22. The number of nitrogens with two attached hydrogens (primary N) is 1. The molecule has 0 amide bonds. The highest BCUT2D eigenvalue weighted by molar-refractivity contribution is 7.99. The maximum Gasteiger partial charge on any atom is 0.240 e. The van der Waals surface area contributed by atoms with Gasteiger partial charge in [-0.05, 0) is 36.3 Å². The number of halogens is 2. The third-order valence-electron chi connectivity index (χ3n) is 3.09. The Morgan fingerprint density at radius 2 is 2.25 bits per heavy atom. The van der Waals surface area contributed by atoms with Gasteiger partial charge < -0.3 is 5.73 Å². The Bertz CT molecular complexity index is 589. The summed E-state index contributed by atoms with van der Waals surface area (Å²) in [6, 6.07) is 2.14. The van der Waals surface area contributed by atoms with Gasteiger partial charge in [0.2, 0.25) is 10.0 Å². The van der Waals surface area contributed by atoms with Gasteiger partial charge in [-0.3, -0.25) is 0 Å². The number of hydrogen-bond donors (Lipinski definition) is 2. The largest absolute Gasteiger partial charge is 0.326 e. The molecule has 8 heteroatoms. The second-order valence-corrected chi connectivity index (χ2v) is 7.86. The Morgan fingerprint density at radius 1 is 1.50 bits per heavy atom. The topological polar surface area (TPSA) is 72.2 Å². The Morgan fingerprint density at radius 3 is 2.85 bits per heavy atom. The van der Waals surface area contributed by atoms with Crippen molar-refractivity contribution in [1.82, 2.24) is 4.72 Å². The highest BCUT2D eigenvalue weighted by Gasteiger charge is 2.23. The van der Waals surface area contributed by atoms with Crippen LogP contribution < -0.4 is 10.5 Å². The third kappa shape index (κ3) is 3.65. The van der Waals surface area contributed by atoms with Crippen LogP contribution in [-0.2, 0) is 16.6 Å². The number of benzene rings is 1. The molecule has 0 spiro atoms. The first-order chi connectivity index (χ1) is 9.44. The fourth-order valence-electron chi connectivity index (χ4n) is 2.04. The molecule has 1 aliphatic rings. The van der Waals surface area contributed by atoms with Crippen LogP contribution in [0.25, 0.3) is 0 Å². The minimum absolute atomic E-state index is 0.0155. The lowest BCUT2D eigenvalue weighted by atomic mass is 10.2. The average Bonchev–Trinajstić information content (AvgIpc) is 2.42. The zero-order chi connectivity index (χ0) is 14.8. The molecule has 4 nitrogen and oxygen atoms in total. The van der Waals surface area contributed by atoms with Crippen LogP contribution in [0.5, 0.6) is 0 Å². The second kappa shape index (κ2) is 6.62. The van der Waals surface area contributed by atoms with Crippen LogP contribution in [0.4, 0.5) is 4.39 Å². The zero-order valence-corrected chi connectivity index (χ0v) is 13.1. The van der Waals surface area contributed by atoms with Gasteiger partial charge in [0.05, 0.1) is 9.92 Å². The molecule has 0 bridgehead atoms. The van der Waals surface area contributed by atoms with Crippen molar-refractivity contribution >= 4 is 33.4 Å². The van der Waals surface area contributed by atoms with E-state index in [0.29, 0.717) is 0 Å². The summed E-state index contributed by atoms with van der Waals surface area (Å²) in [5, 5.41) is -0.125. The molecule has 1 unspecified atom stereocenters. The molecule has 0 aliphatic carbocycles. The number of thioether (sulfide) groups is 1. The van der Waals surface area contributed by atoms with E-state index in [9.17, 15) is 12.8 Å². The fraction of sp³-hybridized carbons (Fsp3) is 0.500. The predicted octanol–water partition coefficient (Wildman–Crippen LogP) is 2.11. The first-order valence-corrected chi connectivity index (χ1v) is 9.23. The van der Waals surface area contributed by atoms with Crippen LogP contribution in [-0.4, -0.2) is 26.0 Å². The molecular weight excluding hydrogens is 323 g/mol. The minimum Gasteiger partial charge on any atom is -0.326 e. The van der Waals surface area contributed by atoms with Crippen molar-refractivity contribution in [3.8, 4) is 0 Å². The summed E-state index contributed by atoms with van der Waals surface area (Å²) < 4.78 is 40.8. The van der Waals surface area contributed by atoms with Gasteiger partial charge >= 0.3 is 0 Å². The molecule has 1 fully saturated rings. The van der Waals surface area contributed by atoms with Crippen molar-refractivity contribution in [3.05, 3.63) is 28.5 Å². The number of hydrogen-bond acceptors (Lipinski definition) is 4. The van der Waals surface area contributed by atoms with Crippen molar-refractivity contribution in [2.75, 3.05) is 11.5 Å². The van der Waals surface area contributed by atoms with Gasteiger partial charge in [-0.15, -0.1) is 0 Å². The highest BCUT2D eigenvalue weighted by atomic mass is 35.5. The van der Waals surface area contributed by atoms with Gasteiger partial charge in [0, 0.05) is 18.3 Å². The Kier molecular flexibility index (Phi) is 5.30. The standard InChI is InChI=1S/C12H16ClFN2O2S2/c13-12-8(6-15)4-10(5-11(12)14)20(17,18)16-9-2-1-3-19-7-9/h4-5,9,16H,1-3,6-7,15H2. The van der Waals surface area contributed by atoms with Gasteiger partial charge in [0.15, 0.2) is 0 Å². The average molecular weight is 339 g/mol. The fourth-order valence-corrected chi connectivity index (χ4v) is 4.74. The summed E-state index contributed by atoms with van der Waals surface area (Å²) in [5.74, 6) is 1.01. The van der Waals surface area contributed by atoms with Crippen molar-refractivity contribution in [3.63, 3.8) is 0 Å². The summed E-state index contributed by atoms with van der Waals surface area (Å²) in [6.07, 6.45) is 1.77. The van der Waals surface area contributed by atoms with Crippen molar-refractivity contribution in [2.24, 2.45) is 5.73 Å². The maximum absolute atomic E-state index is 13.7. The normalized spacial score (nSPS) is 20.1. The molecule has 1 saturated heterocycles. The molecule has 1 aromatic carbocycles. The molecule has 3 N–H and O–H groups in total. The Balaban J connectivity index is 2.26. The van der Waals surface area contributed by atoms with E-state index in [4.69, 9.17) is 17.3 Å². The lowest BCUT2D eigenvalue weighted by Crippen LogP contribution is -2.38. The van der Waals surface area contributed by atoms with E-state index in [0.717, 1.165) is 30.4 Å². The van der Waals surface area contributed by atoms with Gasteiger partial charge in [0.25, 0.3) is 0 Å². The quantitative estimate of drug-likeness (QED) is 0.882. The molecule has 2 rings (SSSR count). The molecule has 1 aliphatic heterocycles. The number of sulfonamides is 1. The smallest absolute Gasteiger partial charge is 0.240 e. The molecule has 20 heavy (non-hydrogen) atoms. The van der Waals surface area contributed by atoms with Crippen molar-refractivity contribution in [1.29, 1.82) is 0 Å². The van der Waals surface area contributed by atoms with Gasteiger partial charge in [-0.1, -0.05) is 11.6 Å². The van der Waals surface area contributed by atoms with Gasteiger partial charge in [-0.2, -0.15) is 11.8 Å². The maximum atomic E-state index is 13.7. The summed E-state index contributed by atoms with van der Waals surface area (Å²) >= 11 is 7.44. The van der Waals surface area contributed by atoms with E-state index in [-0.39, 0.29) is 28.1 Å². The summed E-state index contributed by atoms with van der Waals surface area (Å²) in [5.41, 5.74) is 5.73. The minimum atomic E-state index is -3.75. The molecule has 1 heterocycles. The zero-order valence-electron chi connectivity index (χ0n) is 10.7. The predicted molar refractivity (Wildman–Crippen MR) is 80.0 cm³/mol. The molecule has 112 valence electrons. The molecule has 1 aromatic rings. The van der Waals surface area contributed by atoms with E-state index in [1.807, 2.05) is 0 Å². The van der Waals surface area contributed by atoms with E-state index >= 15 is 0 Å². The van der Waals surface area contributed by atoms with Crippen LogP contribution in [0.15, 0.2) is 17.0 Å². The summed E-state index contributed by atoms with van der Waals surface area (Å²) in [7, 11) is -3.75. The van der Waals surface area contributed by atoms with Crippen LogP contribution in [0.3, 0.4) is 0 Å². The molecule has 1 atom stereocenters. The highest BCUT2D eigenvalue weighted by Crippen LogP contribution is 2.25. The van der Waals surface area contributed by atoms with E-state index in [2.05, 4.69) is 4.72 Å². The summed E-state index contributed by atoms with van der Waals surface area (Å²) in [6.45, 7) is -0.0155. The van der Waals surface area contributed by atoms with Crippen LogP contribution in [0.1, 0.15) is 18.4 Å². The molecular formula is C12H16ClFN2O2S2. The van der Waals surface area contributed by atoms with Gasteiger partial charge in [-0.25, -0.2) is 17.5 Å². The third-order valence-corrected chi connectivity index (χ3v) is 6.23. The molecule has 0 saturated carbocycles. The second-order valence-electron chi connectivity index (χ2n) is 4.62. The van der Waals surface area contributed by atoms with Gasteiger partial charge in [0.1, 0.15) is 5.82 Å².